The molecular formula is C17H22N4O3S. The highest BCUT2D eigenvalue weighted by Crippen LogP contribution is 2.20. The van der Waals surface area contributed by atoms with Crippen LogP contribution in [0.1, 0.15) is 18.4 Å². The van der Waals surface area contributed by atoms with E-state index in [1.165, 1.54) is 4.31 Å². The second-order valence-corrected chi connectivity index (χ2v) is 8.12. The van der Waals surface area contributed by atoms with Crippen LogP contribution in [0, 0.1) is 0 Å². The van der Waals surface area contributed by atoms with Gasteiger partial charge >= 0.3 is 0 Å². The first-order chi connectivity index (χ1) is 11.9. The molecule has 1 saturated heterocycles. The molecule has 1 aromatic heterocycles. The molecule has 0 radical (unpaired) electrons. The van der Waals surface area contributed by atoms with Crippen LogP contribution in [-0.2, 0) is 21.2 Å². The van der Waals surface area contributed by atoms with Crippen LogP contribution in [-0.4, -0.2) is 53.8 Å². The Morgan fingerprint density at radius 2 is 2.08 bits per heavy atom. The van der Waals surface area contributed by atoms with Crippen LogP contribution < -0.4 is 5.32 Å². The molecule has 2 aromatic rings. The number of nitrogens with one attached hydrogen (secondary N) is 1. The van der Waals surface area contributed by atoms with Gasteiger partial charge in [-0.2, -0.15) is 9.40 Å². The van der Waals surface area contributed by atoms with Crippen LogP contribution in [0.4, 0.5) is 0 Å². The van der Waals surface area contributed by atoms with Crippen molar-refractivity contribution in [3.63, 3.8) is 0 Å². The summed E-state index contributed by atoms with van der Waals surface area (Å²) in [5.74, 6) is -0.212. The molecule has 2 heterocycles. The molecule has 1 fully saturated rings. The molecule has 1 aliphatic heterocycles. The minimum absolute atomic E-state index is 0.212. The fourth-order valence-corrected chi connectivity index (χ4v) is 4.21. The van der Waals surface area contributed by atoms with Crippen LogP contribution in [0.2, 0.25) is 0 Å². The quantitative estimate of drug-likeness (QED) is 0.829. The van der Waals surface area contributed by atoms with Crippen molar-refractivity contribution in [2.45, 2.75) is 25.3 Å². The lowest BCUT2D eigenvalue weighted by atomic mass is 10.1. The Morgan fingerprint density at radius 1 is 1.32 bits per heavy atom. The minimum atomic E-state index is -3.34. The number of carbonyl (C=O) groups is 1. The standard InChI is InChI=1S/C17H22N4O3S/c1-25(23,24)21-13-2-4-16(21)17(22)18-11-9-14-5-7-15(8-6-14)20-12-3-10-19-20/h3,5-8,10,12,16H,2,4,9,11,13H2,1H3,(H,18,22). The minimum Gasteiger partial charge on any atom is -0.354 e. The number of rotatable bonds is 6. The van der Waals surface area contributed by atoms with Gasteiger partial charge in [-0.25, -0.2) is 13.1 Å². The lowest BCUT2D eigenvalue weighted by Gasteiger charge is -2.21. The van der Waals surface area contributed by atoms with E-state index in [-0.39, 0.29) is 5.91 Å². The highest BCUT2D eigenvalue weighted by molar-refractivity contribution is 7.88. The van der Waals surface area contributed by atoms with Crippen LogP contribution >= 0.6 is 0 Å². The van der Waals surface area contributed by atoms with E-state index in [0.29, 0.717) is 25.9 Å². The predicted molar refractivity (Wildman–Crippen MR) is 94.8 cm³/mol. The number of aromatic nitrogens is 2. The Balaban J connectivity index is 1.52. The number of hydrogen-bond acceptors (Lipinski definition) is 4. The zero-order valence-corrected chi connectivity index (χ0v) is 14.9. The Hall–Kier alpha value is -2.19. The SMILES string of the molecule is CS(=O)(=O)N1CCCC1C(=O)NCCc1ccc(-n2cccn2)cc1. The van der Waals surface area contributed by atoms with E-state index < -0.39 is 16.1 Å². The molecule has 1 unspecified atom stereocenters. The molecule has 0 aliphatic carbocycles. The molecule has 1 atom stereocenters. The third-order valence-corrected chi connectivity index (χ3v) is 5.64. The van der Waals surface area contributed by atoms with Crippen molar-refractivity contribution in [3.05, 3.63) is 48.3 Å². The van der Waals surface area contributed by atoms with Crippen LogP contribution in [0.5, 0.6) is 0 Å². The molecule has 1 amide bonds. The van der Waals surface area contributed by atoms with E-state index in [2.05, 4.69) is 10.4 Å². The van der Waals surface area contributed by atoms with Gasteiger partial charge in [0.1, 0.15) is 6.04 Å². The van der Waals surface area contributed by atoms with E-state index in [4.69, 9.17) is 0 Å². The van der Waals surface area contributed by atoms with E-state index in [1.807, 2.05) is 36.5 Å². The normalized spacial score (nSPS) is 18.4. The Bertz CT molecular complexity index is 816. The predicted octanol–water partition coefficient (Wildman–Crippen LogP) is 0.955. The summed E-state index contributed by atoms with van der Waals surface area (Å²) in [6, 6.07) is 9.26. The first-order valence-corrected chi connectivity index (χ1v) is 10.1. The molecule has 25 heavy (non-hydrogen) atoms. The van der Waals surface area contributed by atoms with Gasteiger partial charge in [0.15, 0.2) is 0 Å². The average molecular weight is 362 g/mol. The van der Waals surface area contributed by atoms with Gasteiger partial charge < -0.3 is 5.32 Å². The lowest BCUT2D eigenvalue weighted by Crippen LogP contribution is -2.45. The number of nitrogens with zero attached hydrogens (tertiary/aromatic N) is 3. The highest BCUT2D eigenvalue weighted by atomic mass is 32.2. The number of amides is 1. The van der Waals surface area contributed by atoms with Crippen molar-refractivity contribution in [2.24, 2.45) is 0 Å². The number of carbonyl (C=O) groups excluding carboxylic acids is 1. The van der Waals surface area contributed by atoms with Gasteiger partial charge in [-0.3, -0.25) is 4.79 Å². The van der Waals surface area contributed by atoms with Crippen molar-refractivity contribution in [1.29, 1.82) is 0 Å². The van der Waals surface area contributed by atoms with Crippen LogP contribution in [0.25, 0.3) is 5.69 Å². The Labute approximate surface area is 147 Å². The third kappa shape index (κ3) is 4.26. The molecule has 8 heteroatoms. The van der Waals surface area contributed by atoms with Crippen molar-refractivity contribution >= 4 is 15.9 Å². The molecule has 3 rings (SSSR count). The summed E-state index contributed by atoms with van der Waals surface area (Å²) in [4.78, 5) is 12.3. The lowest BCUT2D eigenvalue weighted by molar-refractivity contribution is -0.124. The molecule has 0 spiro atoms. The molecular weight excluding hydrogens is 340 g/mol. The summed E-state index contributed by atoms with van der Waals surface area (Å²) in [7, 11) is -3.34. The van der Waals surface area contributed by atoms with Gasteiger partial charge in [0, 0.05) is 25.5 Å². The van der Waals surface area contributed by atoms with Crippen molar-refractivity contribution in [2.75, 3.05) is 19.3 Å². The summed E-state index contributed by atoms with van der Waals surface area (Å²) in [5.41, 5.74) is 2.08. The second kappa shape index (κ2) is 7.37. The molecule has 134 valence electrons. The molecule has 1 aliphatic rings. The molecule has 7 nitrogen and oxygen atoms in total. The summed E-state index contributed by atoms with van der Waals surface area (Å²) in [6.45, 7) is 0.903. The van der Waals surface area contributed by atoms with Crippen molar-refractivity contribution in [1.82, 2.24) is 19.4 Å². The molecule has 1 aromatic carbocycles. The largest absolute Gasteiger partial charge is 0.354 e. The number of benzene rings is 1. The zero-order valence-electron chi connectivity index (χ0n) is 14.1. The maximum Gasteiger partial charge on any atom is 0.238 e. The average Bonchev–Trinajstić information content (AvgIpc) is 3.26. The topological polar surface area (TPSA) is 84.3 Å². The highest BCUT2D eigenvalue weighted by Gasteiger charge is 2.36. The van der Waals surface area contributed by atoms with Gasteiger partial charge in [-0.1, -0.05) is 12.1 Å². The van der Waals surface area contributed by atoms with Gasteiger partial charge in [0.05, 0.1) is 11.9 Å². The van der Waals surface area contributed by atoms with Crippen molar-refractivity contribution < 1.29 is 13.2 Å². The molecule has 0 saturated carbocycles. The molecule has 0 bridgehead atoms. The maximum absolute atomic E-state index is 12.3. The van der Waals surface area contributed by atoms with Gasteiger partial charge in [-0.15, -0.1) is 0 Å². The summed E-state index contributed by atoms with van der Waals surface area (Å²) in [6.07, 6.45) is 6.75. The summed E-state index contributed by atoms with van der Waals surface area (Å²) < 4.78 is 26.5. The first kappa shape index (κ1) is 17.6. The van der Waals surface area contributed by atoms with Gasteiger partial charge in [0.25, 0.3) is 0 Å². The number of hydrogen-bond donors (Lipinski definition) is 1. The van der Waals surface area contributed by atoms with E-state index in [1.54, 1.807) is 10.9 Å². The van der Waals surface area contributed by atoms with Crippen molar-refractivity contribution in [3.8, 4) is 5.69 Å². The molecule has 1 N–H and O–H groups in total. The van der Waals surface area contributed by atoms with E-state index in [0.717, 1.165) is 23.9 Å². The summed E-state index contributed by atoms with van der Waals surface area (Å²) >= 11 is 0. The van der Waals surface area contributed by atoms with Gasteiger partial charge in [-0.05, 0) is 43.0 Å². The third-order valence-electron chi connectivity index (χ3n) is 4.35. The van der Waals surface area contributed by atoms with Crippen LogP contribution in [0.3, 0.4) is 0 Å². The monoisotopic (exact) mass is 362 g/mol. The van der Waals surface area contributed by atoms with Crippen LogP contribution in [0.15, 0.2) is 42.7 Å². The number of sulfonamides is 1. The smallest absolute Gasteiger partial charge is 0.238 e. The Morgan fingerprint density at radius 3 is 2.72 bits per heavy atom. The van der Waals surface area contributed by atoms with E-state index >= 15 is 0 Å². The first-order valence-electron chi connectivity index (χ1n) is 8.28. The second-order valence-electron chi connectivity index (χ2n) is 6.19. The summed E-state index contributed by atoms with van der Waals surface area (Å²) in [5, 5.41) is 7.03. The Kier molecular flexibility index (Phi) is 5.19. The van der Waals surface area contributed by atoms with E-state index in [9.17, 15) is 13.2 Å². The maximum atomic E-state index is 12.3. The zero-order chi connectivity index (χ0) is 17.9. The fraction of sp³-hybridized carbons (Fsp3) is 0.412. The fourth-order valence-electron chi connectivity index (χ4n) is 3.08. The van der Waals surface area contributed by atoms with Gasteiger partial charge in [0.2, 0.25) is 15.9 Å².